The lowest BCUT2D eigenvalue weighted by Gasteiger charge is -2.39. The second-order valence-electron chi connectivity index (χ2n) is 9.37. The number of piperazine rings is 1. The van der Waals surface area contributed by atoms with E-state index in [0.717, 1.165) is 24.0 Å². The van der Waals surface area contributed by atoms with Crippen LogP contribution in [0.5, 0.6) is 0 Å². The SMILES string of the molecule is Cl.Cl.NC(=O)C1CN(CC(=O)Nc2c(Cl)cccc2Cl)CCN1CCCC(c1ccc(F)cc1)c1cccnc1. The van der Waals surface area contributed by atoms with Crippen LogP contribution in [0.4, 0.5) is 10.1 Å². The Morgan fingerprint density at radius 2 is 1.73 bits per heavy atom. The van der Waals surface area contributed by atoms with E-state index in [4.69, 9.17) is 28.9 Å². The van der Waals surface area contributed by atoms with Crippen molar-refractivity contribution in [2.45, 2.75) is 24.8 Å². The topological polar surface area (TPSA) is 91.6 Å². The molecule has 3 N–H and O–H groups in total. The quantitative estimate of drug-likeness (QED) is 0.313. The number of amides is 2. The molecule has 2 amide bonds. The summed E-state index contributed by atoms with van der Waals surface area (Å²) >= 11 is 12.3. The van der Waals surface area contributed by atoms with E-state index < -0.39 is 11.9 Å². The minimum atomic E-state index is -0.511. The van der Waals surface area contributed by atoms with Crippen LogP contribution in [0.2, 0.25) is 10.0 Å². The van der Waals surface area contributed by atoms with Crippen molar-refractivity contribution in [3.63, 3.8) is 0 Å². The molecule has 2 unspecified atom stereocenters. The molecule has 0 saturated carbocycles. The molecule has 0 aliphatic carbocycles. The number of halogens is 5. The zero-order chi connectivity index (χ0) is 27.1. The molecule has 2 aromatic carbocycles. The van der Waals surface area contributed by atoms with Gasteiger partial charge in [-0.3, -0.25) is 24.4 Å². The van der Waals surface area contributed by atoms with E-state index in [1.165, 1.54) is 12.1 Å². The second-order valence-corrected chi connectivity index (χ2v) is 10.2. The van der Waals surface area contributed by atoms with Gasteiger partial charge < -0.3 is 11.1 Å². The number of hydrogen-bond acceptors (Lipinski definition) is 5. The summed E-state index contributed by atoms with van der Waals surface area (Å²) < 4.78 is 13.5. The van der Waals surface area contributed by atoms with Crippen molar-refractivity contribution in [3.8, 4) is 0 Å². The van der Waals surface area contributed by atoms with E-state index in [0.29, 0.717) is 41.9 Å². The lowest BCUT2D eigenvalue weighted by molar-refractivity contribution is -0.127. The van der Waals surface area contributed by atoms with E-state index in [1.54, 1.807) is 36.5 Å². The number of nitrogens with zero attached hydrogens (tertiary/aromatic N) is 3. The Morgan fingerprint density at radius 3 is 2.35 bits per heavy atom. The lowest BCUT2D eigenvalue weighted by atomic mass is 9.88. The summed E-state index contributed by atoms with van der Waals surface area (Å²) in [5.41, 5.74) is 8.20. The molecular formula is C28H32Cl4FN5O2. The van der Waals surface area contributed by atoms with Gasteiger partial charge in [0.05, 0.1) is 22.3 Å². The van der Waals surface area contributed by atoms with Gasteiger partial charge in [0.1, 0.15) is 11.9 Å². The largest absolute Gasteiger partial charge is 0.368 e. The summed E-state index contributed by atoms with van der Waals surface area (Å²) in [5, 5.41) is 3.47. The Morgan fingerprint density at radius 1 is 1.02 bits per heavy atom. The van der Waals surface area contributed by atoms with Crippen molar-refractivity contribution < 1.29 is 14.0 Å². The molecule has 2 heterocycles. The number of benzene rings is 2. The van der Waals surface area contributed by atoms with Crippen LogP contribution >= 0.6 is 48.0 Å². The van der Waals surface area contributed by atoms with Crippen LogP contribution in [0.25, 0.3) is 0 Å². The third-order valence-electron chi connectivity index (χ3n) is 6.80. The fraction of sp³-hybridized carbons (Fsp3) is 0.321. The molecule has 7 nitrogen and oxygen atoms in total. The Hall–Kier alpha value is -2.46. The number of carbonyl (C=O) groups is 2. The van der Waals surface area contributed by atoms with Crippen LogP contribution in [0.15, 0.2) is 67.0 Å². The minimum absolute atomic E-state index is 0. The molecule has 1 aliphatic heterocycles. The van der Waals surface area contributed by atoms with Crippen LogP contribution in [0.3, 0.4) is 0 Å². The summed E-state index contributed by atoms with van der Waals surface area (Å²) in [5.74, 6) is -0.913. The lowest BCUT2D eigenvalue weighted by Crippen LogP contribution is -2.59. The van der Waals surface area contributed by atoms with Gasteiger partial charge in [0.25, 0.3) is 0 Å². The van der Waals surface area contributed by atoms with Crippen LogP contribution in [0, 0.1) is 5.82 Å². The van der Waals surface area contributed by atoms with Gasteiger partial charge in [-0.15, -0.1) is 24.8 Å². The fourth-order valence-electron chi connectivity index (χ4n) is 4.86. The minimum Gasteiger partial charge on any atom is -0.368 e. The molecule has 2 atom stereocenters. The highest BCUT2D eigenvalue weighted by Gasteiger charge is 2.31. The van der Waals surface area contributed by atoms with Crippen LogP contribution in [-0.4, -0.2) is 65.4 Å². The number of pyridine rings is 1. The maximum atomic E-state index is 13.5. The summed E-state index contributed by atoms with van der Waals surface area (Å²) in [6.07, 6.45) is 5.15. The number of carbonyl (C=O) groups excluding carboxylic acids is 2. The molecule has 40 heavy (non-hydrogen) atoms. The number of nitrogens with one attached hydrogen (secondary N) is 1. The van der Waals surface area contributed by atoms with Crippen molar-refractivity contribution in [1.29, 1.82) is 0 Å². The molecule has 0 radical (unpaired) electrons. The van der Waals surface area contributed by atoms with E-state index >= 15 is 0 Å². The van der Waals surface area contributed by atoms with Gasteiger partial charge in [-0.2, -0.15) is 0 Å². The number of para-hydroxylation sites is 1. The number of primary amides is 1. The number of rotatable bonds is 10. The first-order valence-corrected chi connectivity index (χ1v) is 13.2. The monoisotopic (exact) mass is 629 g/mol. The Kier molecular flexibility index (Phi) is 13.6. The molecular weight excluding hydrogens is 599 g/mol. The van der Waals surface area contributed by atoms with Crippen molar-refractivity contribution >= 4 is 65.5 Å². The van der Waals surface area contributed by atoms with E-state index in [-0.39, 0.29) is 49.0 Å². The van der Waals surface area contributed by atoms with Crippen LogP contribution in [0.1, 0.15) is 29.9 Å². The molecule has 1 saturated heterocycles. The highest BCUT2D eigenvalue weighted by molar-refractivity contribution is 6.39. The fourth-order valence-corrected chi connectivity index (χ4v) is 5.35. The van der Waals surface area contributed by atoms with Crippen molar-refractivity contribution in [2.75, 3.05) is 38.0 Å². The summed E-state index contributed by atoms with van der Waals surface area (Å²) in [6.45, 7) is 2.32. The normalized spacial score (nSPS) is 16.3. The van der Waals surface area contributed by atoms with Gasteiger partial charge >= 0.3 is 0 Å². The summed E-state index contributed by atoms with van der Waals surface area (Å²) in [7, 11) is 0. The smallest absolute Gasteiger partial charge is 0.238 e. The molecule has 1 fully saturated rings. The molecule has 0 bridgehead atoms. The predicted octanol–water partition coefficient (Wildman–Crippen LogP) is 5.39. The Bertz CT molecular complexity index is 1230. The number of aromatic nitrogens is 1. The molecule has 216 valence electrons. The summed E-state index contributed by atoms with van der Waals surface area (Å²) in [6, 6.07) is 15.0. The highest BCUT2D eigenvalue weighted by atomic mass is 35.5. The van der Waals surface area contributed by atoms with Gasteiger partial charge in [-0.05, 0) is 60.8 Å². The van der Waals surface area contributed by atoms with E-state index in [9.17, 15) is 14.0 Å². The van der Waals surface area contributed by atoms with Crippen molar-refractivity contribution in [1.82, 2.24) is 14.8 Å². The highest BCUT2D eigenvalue weighted by Crippen LogP contribution is 2.31. The van der Waals surface area contributed by atoms with Gasteiger partial charge in [0.2, 0.25) is 11.8 Å². The van der Waals surface area contributed by atoms with Crippen LogP contribution in [-0.2, 0) is 9.59 Å². The van der Waals surface area contributed by atoms with E-state index in [2.05, 4.69) is 15.2 Å². The third-order valence-corrected chi connectivity index (χ3v) is 7.43. The number of hydrogen-bond donors (Lipinski definition) is 2. The average molecular weight is 631 g/mol. The van der Waals surface area contributed by atoms with Gasteiger partial charge in [-0.1, -0.05) is 47.5 Å². The molecule has 0 spiro atoms. The molecule has 4 rings (SSSR count). The van der Waals surface area contributed by atoms with Crippen molar-refractivity contribution in [3.05, 3.63) is 94.0 Å². The first kappa shape index (κ1) is 33.7. The Labute approximate surface area is 256 Å². The van der Waals surface area contributed by atoms with Crippen LogP contribution < -0.4 is 11.1 Å². The maximum Gasteiger partial charge on any atom is 0.238 e. The predicted molar refractivity (Wildman–Crippen MR) is 162 cm³/mol. The van der Waals surface area contributed by atoms with Gasteiger partial charge in [0, 0.05) is 37.9 Å². The first-order valence-electron chi connectivity index (χ1n) is 12.5. The van der Waals surface area contributed by atoms with Crippen molar-refractivity contribution in [2.24, 2.45) is 5.73 Å². The maximum absolute atomic E-state index is 13.5. The van der Waals surface area contributed by atoms with Gasteiger partial charge in [-0.25, -0.2) is 4.39 Å². The summed E-state index contributed by atoms with van der Waals surface area (Å²) in [4.78, 5) is 33.2. The first-order chi connectivity index (χ1) is 18.3. The zero-order valence-corrected chi connectivity index (χ0v) is 24.8. The molecule has 1 aromatic heterocycles. The Balaban J connectivity index is 0.00000280. The third kappa shape index (κ3) is 9.03. The number of nitrogens with two attached hydrogens (primary N) is 1. The molecule has 3 aromatic rings. The average Bonchev–Trinajstić information content (AvgIpc) is 2.90. The molecule has 12 heteroatoms. The molecule has 1 aliphatic rings. The standard InChI is InChI=1S/C28H30Cl2FN5O2.2ClH/c29-23-6-1-7-24(30)27(23)34-26(37)18-35-14-15-36(25(17-35)28(32)38)13-3-5-22(20-4-2-12-33-16-20)19-8-10-21(31)11-9-19;;/h1-2,4,6-12,16,22,25H,3,5,13-15,17-18H2,(H2,32,38)(H,34,37);2*1H. The van der Waals surface area contributed by atoms with E-state index in [1.807, 2.05) is 23.2 Å². The zero-order valence-electron chi connectivity index (χ0n) is 21.6. The van der Waals surface area contributed by atoms with Gasteiger partial charge in [0.15, 0.2) is 0 Å². The number of anilines is 1. The second kappa shape index (κ2) is 16.1.